The number of nitrogens with zero attached hydrogens (tertiary/aromatic N) is 2. The van der Waals surface area contributed by atoms with Crippen molar-refractivity contribution < 1.29 is 9.53 Å². The maximum absolute atomic E-state index is 12.8. The molecule has 33 heavy (non-hydrogen) atoms. The Hall–Kier alpha value is -3.73. The van der Waals surface area contributed by atoms with Gasteiger partial charge in [-0.1, -0.05) is 42.8 Å². The van der Waals surface area contributed by atoms with Crippen molar-refractivity contribution in [2.45, 2.75) is 33.1 Å². The van der Waals surface area contributed by atoms with E-state index in [1.54, 1.807) is 6.20 Å². The molecule has 0 aliphatic carbocycles. The van der Waals surface area contributed by atoms with Crippen LogP contribution in [0, 0.1) is 13.8 Å². The number of ether oxygens (including phenoxy) is 1. The molecule has 5 heteroatoms. The summed E-state index contributed by atoms with van der Waals surface area (Å²) in [5.74, 6) is 1.13. The number of aryl methyl sites for hydroxylation is 2. The van der Waals surface area contributed by atoms with E-state index < -0.39 is 0 Å². The van der Waals surface area contributed by atoms with E-state index in [0.717, 1.165) is 39.2 Å². The number of hydrogen-bond donors (Lipinski definition) is 1. The molecule has 5 rings (SSSR count). The normalized spacial score (nSPS) is 14.7. The first-order valence-corrected chi connectivity index (χ1v) is 11.4. The molecule has 0 radical (unpaired) electrons. The summed E-state index contributed by atoms with van der Waals surface area (Å²) in [7, 11) is 0. The topological polar surface area (TPSA) is 64.1 Å². The van der Waals surface area contributed by atoms with Crippen molar-refractivity contribution in [3.8, 4) is 17.0 Å². The second kappa shape index (κ2) is 8.66. The lowest BCUT2D eigenvalue weighted by Crippen LogP contribution is -2.26. The Kier molecular flexibility index (Phi) is 5.55. The van der Waals surface area contributed by atoms with E-state index in [-0.39, 0.29) is 5.91 Å². The molecule has 1 unspecified atom stereocenters. The van der Waals surface area contributed by atoms with Crippen molar-refractivity contribution in [2.24, 2.45) is 0 Å². The smallest absolute Gasteiger partial charge is 0.251 e. The SMILES string of the molecule is Cc1ccc(-c2nc(CCNC(=O)c3cc(C)c4ncccc4c3)cc3c2OCC3C)cc1. The minimum absolute atomic E-state index is 0.0829. The molecule has 0 saturated carbocycles. The minimum Gasteiger partial charge on any atom is -0.490 e. The number of amides is 1. The first-order chi connectivity index (χ1) is 16.0. The van der Waals surface area contributed by atoms with Crippen LogP contribution in [0.15, 0.2) is 60.8 Å². The van der Waals surface area contributed by atoms with Gasteiger partial charge in [0.1, 0.15) is 11.4 Å². The van der Waals surface area contributed by atoms with Gasteiger partial charge in [-0.2, -0.15) is 0 Å². The van der Waals surface area contributed by atoms with Gasteiger partial charge in [0.2, 0.25) is 0 Å². The summed E-state index contributed by atoms with van der Waals surface area (Å²) >= 11 is 0. The number of benzene rings is 2. The number of nitrogens with one attached hydrogen (secondary N) is 1. The number of pyridine rings is 2. The monoisotopic (exact) mass is 437 g/mol. The van der Waals surface area contributed by atoms with Crippen LogP contribution in [0.4, 0.5) is 0 Å². The van der Waals surface area contributed by atoms with E-state index in [9.17, 15) is 4.79 Å². The molecule has 3 heterocycles. The van der Waals surface area contributed by atoms with Gasteiger partial charge in [0.25, 0.3) is 5.91 Å². The second-order valence-corrected chi connectivity index (χ2v) is 8.83. The molecule has 5 nitrogen and oxygen atoms in total. The van der Waals surface area contributed by atoms with Gasteiger partial charge in [0, 0.05) is 52.9 Å². The summed E-state index contributed by atoms with van der Waals surface area (Å²) in [4.78, 5) is 22.1. The van der Waals surface area contributed by atoms with Crippen LogP contribution in [0.1, 0.15) is 45.6 Å². The molecule has 1 aliphatic heterocycles. The molecule has 0 spiro atoms. The lowest BCUT2D eigenvalue weighted by atomic mass is 9.99. The number of aromatic nitrogens is 2. The molecule has 0 bridgehead atoms. The van der Waals surface area contributed by atoms with E-state index in [2.05, 4.69) is 54.5 Å². The van der Waals surface area contributed by atoms with Crippen molar-refractivity contribution in [3.05, 3.63) is 88.7 Å². The van der Waals surface area contributed by atoms with E-state index >= 15 is 0 Å². The first-order valence-electron chi connectivity index (χ1n) is 11.4. The molecule has 2 aromatic carbocycles. The Morgan fingerprint density at radius 2 is 1.94 bits per heavy atom. The molecule has 1 amide bonds. The van der Waals surface area contributed by atoms with Gasteiger partial charge in [0.05, 0.1) is 12.1 Å². The molecule has 1 atom stereocenters. The van der Waals surface area contributed by atoms with E-state index in [0.29, 0.717) is 31.1 Å². The van der Waals surface area contributed by atoms with Crippen LogP contribution in [-0.4, -0.2) is 29.0 Å². The van der Waals surface area contributed by atoms with Crippen LogP contribution in [-0.2, 0) is 6.42 Å². The number of carbonyl (C=O) groups excluding carboxylic acids is 1. The number of carbonyl (C=O) groups is 1. The van der Waals surface area contributed by atoms with Crippen LogP contribution >= 0.6 is 0 Å². The fourth-order valence-electron chi connectivity index (χ4n) is 4.37. The molecular formula is C28H27N3O2. The molecule has 0 saturated heterocycles. The van der Waals surface area contributed by atoms with E-state index in [1.165, 1.54) is 11.1 Å². The fraction of sp³-hybridized carbons (Fsp3) is 0.250. The first kappa shape index (κ1) is 21.1. The molecule has 4 aromatic rings. The summed E-state index contributed by atoms with van der Waals surface area (Å²) in [5, 5.41) is 4.03. The number of rotatable bonds is 5. The standard InChI is InChI=1S/C28H27N3O2/c1-17-6-8-20(9-7-17)26-27-24(19(3)16-33-27)15-23(31-26)10-12-30-28(32)22-13-18(2)25-21(14-22)5-4-11-29-25/h4-9,11,13-15,19H,10,12,16H2,1-3H3,(H,30,32). The Labute approximate surface area is 193 Å². The van der Waals surface area contributed by atoms with Gasteiger partial charge in [-0.05, 0) is 43.7 Å². The average molecular weight is 438 g/mol. The third kappa shape index (κ3) is 4.19. The minimum atomic E-state index is -0.0829. The lowest BCUT2D eigenvalue weighted by Gasteiger charge is -2.12. The highest BCUT2D eigenvalue weighted by Crippen LogP contribution is 2.41. The third-order valence-electron chi connectivity index (χ3n) is 6.21. The van der Waals surface area contributed by atoms with Crippen molar-refractivity contribution in [1.29, 1.82) is 0 Å². The molecule has 166 valence electrons. The van der Waals surface area contributed by atoms with Crippen molar-refractivity contribution in [3.63, 3.8) is 0 Å². The summed E-state index contributed by atoms with van der Waals surface area (Å²) < 4.78 is 5.99. The van der Waals surface area contributed by atoms with Crippen LogP contribution in [0.3, 0.4) is 0 Å². The van der Waals surface area contributed by atoms with Crippen LogP contribution in [0.2, 0.25) is 0 Å². The Bertz CT molecular complexity index is 1350. The van der Waals surface area contributed by atoms with Crippen molar-refractivity contribution in [2.75, 3.05) is 13.2 Å². The van der Waals surface area contributed by atoms with Gasteiger partial charge < -0.3 is 10.1 Å². The Morgan fingerprint density at radius 3 is 2.76 bits per heavy atom. The Morgan fingerprint density at radius 1 is 1.12 bits per heavy atom. The molecule has 2 aromatic heterocycles. The number of fused-ring (bicyclic) bond motifs is 2. The van der Waals surface area contributed by atoms with Gasteiger partial charge >= 0.3 is 0 Å². The zero-order valence-electron chi connectivity index (χ0n) is 19.2. The van der Waals surface area contributed by atoms with Gasteiger partial charge in [-0.3, -0.25) is 9.78 Å². The van der Waals surface area contributed by atoms with Crippen molar-refractivity contribution >= 4 is 16.8 Å². The summed E-state index contributed by atoms with van der Waals surface area (Å²) in [6.07, 6.45) is 2.42. The van der Waals surface area contributed by atoms with Crippen LogP contribution in [0.25, 0.3) is 22.2 Å². The molecule has 1 aliphatic rings. The van der Waals surface area contributed by atoms with E-state index in [4.69, 9.17) is 9.72 Å². The maximum atomic E-state index is 12.8. The second-order valence-electron chi connectivity index (χ2n) is 8.83. The maximum Gasteiger partial charge on any atom is 0.251 e. The summed E-state index contributed by atoms with van der Waals surface area (Å²) in [5.41, 5.74) is 7.88. The molecule has 0 fully saturated rings. The fourth-order valence-corrected chi connectivity index (χ4v) is 4.37. The lowest BCUT2D eigenvalue weighted by molar-refractivity contribution is 0.0954. The van der Waals surface area contributed by atoms with Crippen molar-refractivity contribution in [1.82, 2.24) is 15.3 Å². The predicted molar refractivity (Wildman–Crippen MR) is 131 cm³/mol. The molecule has 1 N–H and O–H groups in total. The van der Waals surface area contributed by atoms with E-state index in [1.807, 2.05) is 31.2 Å². The summed E-state index contributed by atoms with van der Waals surface area (Å²) in [6, 6.07) is 18.2. The molecular weight excluding hydrogens is 410 g/mol. The zero-order valence-corrected chi connectivity index (χ0v) is 19.2. The predicted octanol–water partition coefficient (Wildman–Crippen LogP) is 5.38. The highest BCUT2D eigenvalue weighted by molar-refractivity contribution is 5.98. The van der Waals surface area contributed by atoms with Gasteiger partial charge in [-0.15, -0.1) is 0 Å². The quantitative estimate of drug-likeness (QED) is 0.455. The average Bonchev–Trinajstić information content (AvgIpc) is 3.20. The van der Waals surface area contributed by atoms with Gasteiger partial charge in [0.15, 0.2) is 0 Å². The van der Waals surface area contributed by atoms with Crippen LogP contribution in [0.5, 0.6) is 5.75 Å². The third-order valence-corrected chi connectivity index (χ3v) is 6.21. The highest BCUT2D eigenvalue weighted by Gasteiger charge is 2.26. The van der Waals surface area contributed by atoms with Gasteiger partial charge in [-0.25, -0.2) is 4.98 Å². The Balaban J connectivity index is 1.35. The van der Waals surface area contributed by atoms with Crippen LogP contribution < -0.4 is 10.1 Å². The zero-order chi connectivity index (χ0) is 22.9. The largest absolute Gasteiger partial charge is 0.490 e. The number of hydrogen-bond acceptors (Lipinski definition) is 4. The summed E-state index contributed by atoms with van der Waals surface area (Å²) in [6.45, 7) is 7.42. The highest BCUT2D eigenvalue weighted by atomic mass is 16.5.